The number of anilines is 1. The van der Waals surface area contributed by atoms with E-state index >= 15 is 0 Å². The largest absolute Gasteiger partial charge is 0.476 e. The molecule has 0 atom stereocenters. The van der Waals surface area contributed by atoms with Gasteiger partial charge in [0.25, 0.3) is 0 Å². The van der Waals surface area contributed by atoms with Gasteiger partial charge in [-0.25, -0.2) is 9.78 Å². The van der Waals surface area contributed by atoms with Gasteiger partial charge in [0.15, 0.2) is 5.69 Å². The lowest BCUT2D eigenvalue weighted by Gasteiger charge is -2.09. The lowest BCUT2D eigenvalue weighted by molar-refractivity contribution is 0.0692. The van der Waals surface area contributed by atoms with Crippen molar-refractivity contribution in [2.45, 2.75) is 0 Å². The number of carbonyl (C=O) groups is 1. The van der Waals surface area contributed by atoms with Gasteiger partial charge in [0, 0.05) is 13.1 Å². The Kier molecular flexibility index (Phi) is 3.84. The third-order valence-electron chi connectivity index (χ3n) is 1.61. The summed E-state index contributed by atoms with van der Waals surface area (Å²) in [7, 11) is 3.93. The van der Waals surface area contributed by atoms with Crippen LogP contribution in [0.2, 0.25) is 0 Å². The Morgan fingerprint density at radius 3 is 3.00 bits per heavy atom. The van der Waals surface area contributed by atoms with Gasteiger partial charge in [-0.3, -0.25) is 0 Å². The second-order valence-corrected chi connectivity index (χ2v) is 3.92. The van der Waals surface area contributed by atoms with Crippen LogP contribution in [0.25, 0.3) is 0 Å². The van der Waals surface area contributed by atoms with Gasteiger partial charge in [0.1, 0.15) is 5.00 Å². The van der Waals surface area contributed by atoms with Gasteiger partial charge in [0.05, 0.1) is 5.51 Å². The summed E-state index contributed by atoms with van der Waals surface area (Å²) < 4.78 is 0. The number of hydrogen-bond donors (Lipinski definition) is 2. The Labute approximate surface area is 86.4 Å². The topological polar surface area (TPSA) is 65.5 Å². The van der Waals surface area contributed by atoms with Gasteiger partial charge in [0.2, 0.25) is 0 Å². The fourth-order valence-electron chi connectivity index (χ4n) is 0.917. The third-order valence-corrected chi connectivity index (χ3v) is 2.40. The number of aromatic carboxylic acids is 1. The van der Waals surface area contributed by atoms with Gasteiger partial charge in [-0.1, -0.05) is 0 Å². The number of carboxylic acids is 1. The molecule has 0 saturated heterocycles. The summed E-state index contributed by atoms with van der Waals surface area (Å²) in [4.78, 5) is 16.5. The molecular weight excluding hydrogens is 202 g/mol. The Morgan fingerprint density at radius 2 is 2.43 bits per heavy atom. The molecule has 0 amide bonds. The maximum atomic E-state index is 10.7. The van der Waals surface area contributed by atoms with Crippen LogP contribution in [0.5, 0.6) is 0 Å². The Bertz CT molecular complexity index is 311. The summed E-state index contributed by atoms with van der Waals surface area (Å²) in [5, 5.41) is 12.4. The van der Waals surface area contributed by atoms with Crippen LogP contribution in [-0.4, -0.2) is 48.1 Å². The van der Waals surface area contributed by atoms with Crippen molar-refractivity contribution in [3.05, 3.63) is 11.2 Å². The van der Waals surface area contributed by atoms with Crippen LogP contribution >= 0.6 is 11.3 Å². The Hall–Kier alpha value is -1.14. The van der Waals surface area contributed by atoms with Gasteiger partial charge < -0.3 is 15.3 Å². The second-order valence-electron chi connectivity index (χ2n) is 3.07. The van der Waals surface area contributed by atoms with Crippen LogP contribution in [0.4, 0.5) is 5.00 Å². The van der Waals surface area contributed by atoms with Gasteiger partial charge in [-0.15, -0.1) is 11.3 Å². The SMILES string of the molecule is CN(C)CCNc1scnc1C(=O)O. The number of hydrogen-bond acceptors (Lipinski definition) is 5. The molecule has 0 fully saturated rings. The molecule has 1 rings (SSSR count). The van der Waals surface area contributed by atoms with Crippen LogP contribution in [0.15, 0.2) is 5.51 Å². The van der Waals surface area contributed by atoms with Crippen LogP contribution in [0.3, 0.4) is 0 Å². The monoisotopic (exact) mass is 215 g/mol. The number of aromatic nitrogens is 1. The lowest BCUT2D eigenvalue weighted by Crippen LogP contribution is -2.21. The van der Waals surface area contributed by atoms with Crippen molar-refractivity contribution in [1.82, 2.24) is 9.88 Å². The number of rotatable bonds is 5. The van der Waals surface area contributed by atoms with E-state index in [-0.39, 0.29) is 5.69 Å². The summed E-state index contributed by atoms with van der Waals surface area (Å²) in [6.45, 7) is 1.58. The molecule has 0 unspecified atom stereocenters. The molecule has 0 aliphatic rings. The van der Waals surface area contributed by atoms with E-state index in [0.717, 1.165) is 13.1 Å². The molecule has 0 bridgehead atoms. The van der Waals surface area contributed by atoms with E-state index in [9.17, 15) is 4.79 Å². The normalized spacial score (nSPS) is 10.5. The smallest absolute Gasteiger partial charge is 0.357 e. The maximum Gasteiger partial charge on any atom is 0.357 e. The van der Waals surface area contributed by atoms with Gasteiger partial charge in [-0.2, -0.15) is 0 Å². The molecule has 0 saturated carbocycles. The van der Waals surface area contributed by atoms with Crippen LogP contribution in [0, 0.1) is 0 Å². The predicted octanol–water partition coefficient (Wildman–Crippen LogP) is 0.815. The zero-order valence-electron chi connectivity index (χ0n) is 8.15. The molecule has 0 aliphatic heterocycles. The highest BCUT2D eigenvalue weighted by Crippen LogP contribution is 2.19. The highest BCUT2D eigenvalue weighted by atomic mass is 32.1. The van der Waals surface area contributed by atoms with Crippen LogP contribution < -0.4 is 5.32 Å². The standard InChI is InChI=1S/C8H13N3O2S/c1-11(2)4-3-9-7-6(8(12)13)10-5-14-7/h5,9H,3-4H2,1-2H3,(H,12,13). The van der Waals surface area contributed by atoms with Gasteiger partial charge in [-0.05, 0) is 14.1 Å². The number of nitrogens with zero attached hydrogens (tertiary/aromatic N) is 2. The molecule has 6 heteroatoms. The van der Waals surface area contributed by atoms with Crippen molar-refractivity contribution < 1.29 is 9.90 Å². The summed E-state index contributed by atoms with van der Waals surface area (Å²) >= 11 is 1.31. The molecular formula is C8H13N3O2S. The van der Waals surface area contributed by atoms with Crippen molar-refractivity contribution in [1.29, 1.82) is 0 Å². The zero-order valence-corrected chi connectivity index (χ0v) is 8.97. The van der Waals surface area contributed by atoms with E-state index in [0.29, 0.717) is 5.00 Å². The number of thiazole rings is 1. The van der Waals surface area contributed by atoms with Crippen molar-refractivity contribution in [2.75, 3.05) is 32.5 Å². The molecule has 1 aromatic heterocycles. The second kappa shape index (κ2) is 4.92. The van der Waals surface area contributed by atoms with E-state index in [1.807, 2.05) is 19.0 Å². The average Bonchev–Trinajstić information content (AvgIpc) is 2.51. The molecule has 0 radical (unpaired) electrons. The number of carboxylic acid groups (broad SMARTS) is 1. The molecule has 1 aromatic rings. The van der Waals surface area contributed by atoms with Crippen molar-refractivity contribution in [2.24, 2.45) is 0 Å². The van der Waals surface area contributed by atoms with Crippen molar-refractivity contribution >= 4 is 22.3 Å². The Morgan fingerprint density at radius 1 is 1.71 bits per heavy atom. The van der Waals surface area contributed by atoms with E-state index in [2.05, 4.69) is 10.3 Å². The van der Waals surface area contributed by atoms with Crippen molar-refractivity contribution in [3.63, 3.8) is 0 Å². The highest BCUT2D eigenvalue weighted by molar-refractivity contribution is 7.14. The zero-order chi connectivity index (χ0) is 10.6. The number of likely N-dealkylation sites (N-methyl/N-ethyl adjacent to an activating group) is 1. The first-order chi connectivity index (χ1) is 6.61. The highest BCUT2D eigenvalue weighted by Gasteiger charge is 2.12. The summed E-state index contributed by atoms with van der Waals surface area (Å²) in [6.07, 6.45) is 0. The first-order valence-corrected chi connectivity index (χ1v) is 5.04. The van der Waals surface area contributed by atoms with Crippen molar-refractivity contribution in [3.8, 4) is 0 Å². The lowest BCUT2D eigenvalue weighted by atomic mass is 10.4. The third kappa shape index (κ3) is 2.97. The molecule has 14 heavy (non-hydrogen) atoms. The number of nitrogens with one attached hydrogen (secondary N) is 1. The molecule has 0 aliphatic carbocycles. The van der Waals surface area contributed by atoms with Gasteiger partial charge >= 0.3 is 5.97 Å². The minimum absolute atomic E-state index is 0.105. The molecule has 5 nitrogen and oxygen atoms in total. The first-order valence-electron chi connectivity index (χ1n) is 4.16. The van der Waals surface area contributed by atoms with E-state index in [1.54, 1.807) is 0 Å². The molecule has 78 valence electrons. The summed E-state index contributed by atoms with van der Waals surface area (Å²) in [5.74, 6) is -0.987. The minimum Gasteiger partial charge on any atom is -0.476 e. The average molecular weight is 215 g/mol. The van der Waals surface area contributed by atoms with Crippen LogP contribution in [0.1, 0.15) is 10.5 Å². The maximum absolute atomic E-state index is 10.7. The minimum atomic E-state index is -0.987. The molecule has 2 N–H and O–H groups in total. The Balaban J connectivity index is 2.50. The fraction of sp³-hybridized carbons (Fsp3) is 0.500. The fourth-order valence-corrected chi connectivity index (χ4v) is 1.62. The van der Waals surface area contributed by atoms with E-state index in [4.69, 9.17) is 5.11 Å². The predicted molar refractivity (Wildman–Crippen MR) is 56.1 cm³/mol. The summed E-state index contributed by atoms with van der Waals surface area (Å²) in [5.41, 5.74) is 1.63. The quantitative estimate of drug-likeness (QED) is 0.761. The molecule has 1 heterocycles. The first kappa shape index (κ1) is 10.9. The van der Waals surface area contributed by atoms with Crippen LogP contribution in [-0.2, 0) is 0 Å². The summed E-state index contributed by atoms with van der Waals surface area (Å²) in [6, 6.07) is 0. The molecule has 0 aromatic carbocycles. The molecule has 0 spiro atoms. The van der Waals surface area contributed by atoms with E-state index in [1.165, 1.54) is 16.8 Å². The van der Waals surface area contributed by atoms with E-state index < -0.39 is 5.97 Å².